The lowest BCUT2D eigenvalue weighted by atomic mass is 10.0. The number of hydrogen-bond acceptors (Lipinski definition) is 3. The molecule has 1 unspecified atom stereocenters. The molecule has 4 nitrogen and oxygen atoms in total. The van der Waals surface area contributed by atoms with Gasteiger partial charge in [-0.3, -0.25) is 9.59 Å². The van der Waals surface area contributed by atoms with Crippen LogP contribution >= 0.6 is 0 Å². The van der Waals surface area contributed by atoms with Crippen molar-refractivity contribution in [3.8, 4) is 0 Å². The van der Waals surface area contributed by atoms with Gasteiger partial charge in [0, 0.05) is 12.8 Å². The maximum atomic E-state index is 12.3. The Morgan fingerprint density at radius 3 is 1.88 bits per heavy atom. The van der Waals surface area contributed by atoms with Gasteiger partial charge < -0.3 is 9.84 Å². The van der Waals surface area contributed by atoms with Gasteiger partial charge in [0.1, 0.15) is 6.10 Å². The average molecular weight is 465 g/mol. The molecule has 0 fully saturated rings. The first-order valence-corrected chi connectivity index (χ1v) is 13.8. The van der Waals surface area contributed by atoms with E-state index in [1.165, 1.54) is 38.5 Å². The summed E-state index contributed by atoms with van der Waals surface area (Å²) in [5.41, 5.74) is 0. The van der Waals surface area contributed by atoms with Crippen molar-refractivity contribution in [3.05, 3.63) is 24.3 Å². The quantitative estimate of drug-likeness (QED) is 0.0879. The predicted octanol–water partition coefficient (Wildman–Crippen LogP) is 8.94. The molecule has 0 aliphatic heterocycles. The molecule has 0 bridgehead atoms. The van der Waals surface area contributed by atoms with E-state index >= 15 is 0 Å². The fraction of sp³-hybridized carbons (Fsp3) is 0.793. The van der Waals surface area contributed by atoms with Gasteiger partial charge in [-0.25, -0.2) is 0 Å². The van der Waals surface area contributed by atoms with Crippen LogP contribution in [-0.4, -0.2) is 23.1 Å². The molecular formula is C29H52O4. The Bertz CT molecular complexity index is 510. The number of allylic oxidation sites excluding steroid dienone is 4. The highest BCUT2D eigenvalue weighted by Gasteiger charge is 2.14. The van der Waals surface area contributed by atoms with E-state index in [2.05, 4.69) is 38.2 Å². The number of carbonyl (C=O) groups is 2. The molecule has 0 heterocycles. The zero-order valence-corrected chi connectivity index (χ0v) is 21.7. The van der Waals surface area contributed by atoms with Crippen molar-refractivity contribution >= 4 is 11.9 Å². The molecule has 0 aromatic rings. The van der Waals surface area contributed by atoms with Crippen LogP contribution in [0.3, 0.4) is 0 Å². The van der Waals surface area contributed by atoms with E-state index in [0.717, 1.165) is 70.6 Å². The largest absolute Gasteiger partial charge is 0.481 e. The van der Waals surface area contributed by atoms with E-state index in [9.17, 15) is 9.59 Å². The van der Waals surface area contributed by atoms with E-state index < -0.39 is 5.97 Å². The molecule has 0 spiro atoms. The lowest BCUT2D eigenvalue weighted by Gasteiger charge is -2.18. The Morgan fingerprint density at radius 2 is 1.21 bits per heavy atom. The molecule has 0 rings (SSSR count). The van der Waals surface area contributed by atoms with Gasteiger partial charge in [0.15, 0.2) is 0 Å². The van der Waals surface area contributed by atoms with E-state index in [-0.39, 0.29) is 18.5 Å². The first kappa shape index (κ1) is 31.4. The average Bonchev–Trinajstić information content (AvgIpc) is 2.78. The molecular weight excluding hydrogens is 412 g/mol. The number of esters is 1. The second-order valence-electron chi connectivity index (χ2n) is 9.23. The van der Waals surface area contributed by atoms with Crippen LogP contribution in [-0.2, 0) is 14.3 Å². The molecule has 0 saturated carbocycles. The monoisotopic (exact) mass is 464 g/mol. The van der Waals surface area contributed by atoms with E-state index in [1.54, 1.807) is 0 Å². The summed E-state index contributed by atoms with van der Waals surface area (Å²) >= 11 is 0. The third-order valence-corrected chi connectivity index (χ3v) is 5.93. The van der Waals surface area contributed by atoms with E-state index in [4.69, 9.17) is 9.84 Å². The number of hydrogen-bond donors (Lipinski definition) is 1. The highest BCUT2D eigenvalue weighted by atomic mass is 16.5. The number of ether oxygens (including phenoxy) is 1. The molecule has 0 amide bonds. The summed E-state index contributed by atoms with van der Waals surface area (Å²) in [6.45, 7) is 4.40. The summed E-state index contributed by atoms with van der Waals surface area (Å²) in [5.74, 6) is -0.792. The number of carbonyl (C=O) groups excluding carboxylic acids is 1. The van der Waals surface area contributed by atoms with Crippen molar-refractivity contribution in [2.75, 3.05) is 0 Å². The maximum Gasteiger partial charge on any atom is 0.306 e. The van der Waals surface area contributed by atoms with Gasteiger partial charge in [-0.15, -0.1) is 0 Å². The second-order valence-corrected chi connectivity index (χ2v) is 9.23. The van der Waals surface area contributed by atoms with Crippen LogP contribution in [0.5, 0.6) is 0 Å². The summed E-state index contributed by atoms with van der Waals surface area (Å²) in [6.07, 6.45) is 29.2. The lowest BCUT2D eigenvalue weighted by Crippen LogP contribution is -2.18. The summed E-state index contributed by atoms with van der Waals surface area (Å²) < 4.78 is 5.77. The fourth-order valence-electron chi connectivity index (χ4n) is 3.84. The van der Waals surface area contributed by atoms with Gasteiger partial charge in [0.05, 0.1) is 0 Å². The van der Waals surface area contributed by atoms with E-state index in [1.807, 2.05) is 0 Å². The van der Waals surface area contributed by atoms with Crippen molar-refractivity contribution in [2.45, 2.75) is 148 Å². The summed E-state index contributed by atoms with van der Waals surface area (Å²) in [6, 6.07) is 0. The number of aliphatic carboxylic acids is 1. The van der Waals surface area contributed by atoms with Crippen LogP contribution in [0.1, 0.15) is 142 Å². The number of carboxylic acid groups (broad SMARTS) is 1. The van der Waals surface area contributed by atoms with Crippen molar-refractivity contribution in [3.63, 3.8) is 0 Å². The highest BCUT2D eigenvalue weighted by molar-refractivity contribution is 5.69. The normalized spacial score (nSPS) is 12.5. The molecule has 0 aliphatic carbocycles. The zero-order chi connectivity index (χ0) is 24.4. The molecule has 0 aliphatic rings. The van der Waals surface area contributed by atoms with Crippen LogP contribution in [0.25, 0.3) is 0 Å². The Kier molecular flexibility index (Phi) is 23.9. The van der Waals surface area contributed by atoms with Gasteiger partial charge in [-0.1, -0.05) is 89.5 Å². The highest BCUT2D eigenvalue weighted by Crippen LogP contribution is 2.17. The van der Waals surface area contributed by atoms with Crippen LogP contribution in [0, 0.1) is 0 Å². The van der Waals surface area contributed by atoms with Crippen LogP contribution in [0.4, 0.5) is 0 Å². The summed E-state index contributed by atoms with van der Waals surface area (Å²) in [7, 11) is 0. The summed E-state index contributed by atoms with van der Waals surface area (Å²) in [5, 5.41) is 8.73. The summed E-state index contributed by atoms with van der Waals surface area (Å²) in [4.78, 5) is 22.9. The van der Waals surface area contributed by atoms with Crippen molar-refractivity contribution in [1.29, 1.82) is 0 Å². The molecule has 0 aromatic carbocycles. The van der Waals surface area contributed by atoms with Crippen LogP contribution < -0.4 is 0 Å². The molecule has 0 aromatic heterocycles. The van der Waals surface area contributed by atoms with Gasteiger partial charge >= 0.3 is 11.9 Å². The van der Waals surface area contributed by atoms with E-state index in [0.29, 0.717) is 12.8 Å². The third-order valence-electron chi connectivity index (χ3n) is 5.93. The molecule has 0 saturated heterocycles. The SMILES string of the molecule is CCCC/C=C\C/C=C\CCCCCCCC(=O)OC(CCCCC)CCCCCC(=O)O. The van der Waals surface area contributed by atoms with Crippen molar-refractivity contribution in [1.82, 2.24) is 0 Å². The fourth-order valence-corrected chi connectivity index (χ4v) is 3.84. The standard InChI is InChI=1S/C29H52O4/c1-3-5-7-8-9-10-11-12-13-14-15-16-17-22-26-29(32)33-27(23-19-6-4-2)24-20-18-21-25-28(30)31/h8-9,11-12,27H,3-7,10,13-26H2,1-2H3,(H,30,31)/b9-8-,12-11-. The first-order valence-electron chi connectivity index (χ1n) is 13.8. The Hall–Kier alpha value is -1.58. The number of rotatable bonds is 24. The minimum atomic E-state index is -0.733. The zero-order valence-electron chi connectivity index (χ0n) is 21.7. The van der Waals surface area contributed by atoms with Crippen LogP contribution in [0.15, 0.2) is 24.3 Å². The first-order chi connectivity index (χ1) is 16.1. The molecule has 192 valence electrons. The Morgan fingerprint density at radius 1 is 0.667 bits per heavy atom. The van der Waals surface area contributed by atoms with Crippen molar-refractivity contribution in [2.24, 2.45) is 0 Å². The minimum Gasteiger partial charge on any atom is -0.481 e. The van der Waals surface area contributed by atoms with Crippen molar-refractivity contribution < 1.29 is 19.4 Å². The molecule has 0 radical (unpaired) electrons. The number of unbranched alkanes of at least 4 members (excludes halogenated alkanes) is 11. The number of carboxylic acids is 1. The molecule has 33 heavy (non-hydrogen) atoms. The minimum absolute atomic E-state index is 0.00200. The second kappa shape index (κ2) is 25.1. The Balaban J connectivity index is 3.80. The smallest absolute Gasteiger partial charge is 0.306 e. The van der Waals surface area contributed by atoms with Gasteiger partial charge in [0.25, 0.3) is 0 Å². The molecule has 4 heteroatoms. The van der Waals surface area contributed by atoms with Gasteiger partial charge in [-0.05, 0) is 64.2 Å². The van der Waals surface area contributed by atoms with Crippen LogP contribution in [0.2, 0.25) is 0 Å². The topological polar surface area (TPSA) is 63.6 Å². The molecule has 1 atom stereocenters. The van der Waals surface area contributed by atoms with Gasteiger partial charge in [-0.2, -0.15) is 0 Å². The third kappa shape index (κ3) is 24.9. The predicted molar refractivity (Wildman–Crippen MR) is 139 cm³/mol. The maximum absolute atomic E-state index is 12.3. The lowest BCUT2D eigenvalue weighted by molar-refractivity contribution is -0.150. The van der Waals surface area contributed by atoms with Gasteiger partial charge in [0.2, 0.25) is 0 Å². The Labute approximate surface area is 204 Å². The molecule has 1 N–H and O–H groups in total.